The van der Waals surface area contributed by atoms with Crippen LogP contribution in [-0.4, -0.2) is 136 Å². The third-order valence-electron chi connectivity index (χ3n) is 7.24. The molecular weight excluding hydrogens is 588 g/mol. The molecule has 0 aromatic carbocycles. The standard InChI is InChI=1S/C27H38N4O13/c1-4-14-15(6-5-13-9-31(7-8-32)10-16(22(36)37)19(13)30-26(28)29-2)17(23(38)41-3)12-42-24(14)44-25-21(35)27(39,40)20(34)18(11-33)43-25/h4-6,9,12,14-15,18,20-21,24-25,32-35,39-40H,1,7-8,10-11H2,2-3H3,(H,36,37)(H3,28,29,30)/b6-5+/t14-,15+,18-,20-,21+,24+,25+/m1/s1. The van der Waals surface area contributed by atoms with E-state index in [0.717, 1.165) is 13.4 Å². The number of nitrogens with zero attached hydrogens (tertiary/aromatic N) is 2. The van der Waals surface area contributed by atoms with E-state index >= 15 is 0 Å². The predicted molar refractivity (Wildman–Crippen MR) is 149 cm³/mol. The summed E-state index contributed by atoms with van der Waals surface area (Å²) >= 11 is 0. The molecule has 10 N–H and O–H groups in total. The van der Waals surface area contributed by atoms with E-state index in [4.69, 9.17) is 24.7 Å². The van der Waals surface area contributed by atoms with Crippen LogP contribution in [0.4, 0.5) is 0 Å². The summed E-state index contributed by atoms with van der Waals surface area (Å²) in [7, 11) is 2.55. The van der Waals surface area contributed by atoms with E-state index in [1.54, 1.807) is 11.1 Å². The molecule has 1 saturated heterocycles. The largest absolute Gasteiger partial charge is 0.478 e. The van der Waals surface area contributed by atoms with Crippen LogP contribution in [0.3, 0.4) is 0 Å². The zero-order valence-electron chi connectivity index (χ0n) is 24.0. The molecule has 3 aliphatic heterocycles. The average molecular weight is 627 g/mol. The number of nitrogens with one attached hydrogen (secondary N) is 1. The maximum absolute atomic E-state index is 12.7. The van der Waals surface area contributed by atoms with Gasteiger partial charge in [0.25, 0.3) is 0 Å². The number of hydrogen-bond acceptors (Lipinski definition) is 14. The van der Waals surface area contributed by atoms with E-state index in [1.807, 2.05) is 0 Å². The number of β-amino-alcohol motifs (C(OH)–C–C–N with tert-alkyl or cyclic N) is 1. The Hall–Kier alpha value is -3.81. The van der Waals surface area contributed by atoms with Crippen molar-refractivity contribution in [2.24, 2.45) is 22.6 Å². The van der Waals surface area contributed by atoms with Gasteiger partial charge in [-0.25, -0.2) is 9.59 Å². The number of rotatable bonds is 11. The van der Waals surface area contributed by atoms with Gasteiger partial charge in [0.15, 0.2) is 18.4 Å². The molecule has 44 heavy (non-hydrogen) atoms. The van der Waals surface area contributed by atoms with Crippen molar-refractivity contribution in [2.75, 3.05) is 40.5 Å². The molecule has 0 aromatic heterocycles. The van der Waals surface area contributed by atoms with E-state index in [1.165, 1.54) is 25.3 Å². The second-order valence-corrected chi connectivity index (χ2v) is 9.97. The number of nitrogens with two attached hydrogens (primary N) is 1. The van der Waals surface area contributed by atoms with Gasteiger partial charge in [-0.2, -0.15) is 0 Å². The van der Waals surface area contributed by atoms with Crippen molar-refractivity contribution < 1.29 is 64.3 Å². The number of aliphatic imine (C=N–C) groups is 1. The number of ether oxygens (including phenoxy) is 4. The van der Waals surface area contributed by atoms with Crippen LogP contribution in [0.1, 0.15) is 0 Å². The second-order valence-electron chi connectivity index (χ2n) is 9.97. The van der Waals surface area contributed by atoms with E-state index in [0.29, 0.717) is 5.57 Å². The molecule has 17 nitrogen and oxygen atoms in total. The lowest BCUT2D eigenvalue weighted by molar-refractivity contribution is -0.404. The highest BCUT2D eigenvalue weighted by Gasteiger charge is 2.56. The maximum Gasteiger partial charge on any atom is 0.337 e. The van der Waals surface area contributed by atoms with Crippen molar-refractivity contribution in [1.29, 1.82) is 0 Å². The predicted octanol–water partition coefficient (Wildman–Crippen LogP) is -3.42. The van der Waals surface area contributed by atoms with Crippen LogP contribution in [0.25, 0.3) is 0 Å². The molecule has 1 fully saturated rings. The minimum absolute atomic E-state index is 0.00358. The van der Waals surface area contributed by atoms with Crippen molar-refractivity contribution in [2.45, 2.75) is 36.7 Å². The number of carbonyl (C=O) groups excluding carboxylic acids is 1. The average Bonchev–Trinajstić information content (AvgIpc) is 3.00. The molecule has 3 heterocycles. The van der Waals surface area contributed by atoms with E-state index in [2.05, 4.69) is 16.9 Å². The molecule has 0 aliphatic carbocycles. The van der Waals surface area contributed by atoms with Crippen LogP contribution in [0.2, 0.25) is 0 Å². The van der Waals surface area contributed by atoms with Crippen molar-refractivity contribution >= 4 is 17.9 Å². The SMILES string of the molecule is C=C[C@H]1[C@H](O[C@@H]2O[C@H](CO)[C@@H](O)C(O)(O)[C@H]2O)OC=C(C(=O)OC)[C@H]1/C=C/C1=CN(CCO)CC(C(=O)O)=C1NC(N)=NC. The zero-order chi connectivity index (χ0) is 32.8. The number of esters is 1. The number of carboxylic acid groups (broad SMARTS) is 1. The van der Waals surface area contributed by atoms with Gasteiger partial charge in [0, 0.05) is 31.3 Å². The Morgan fingerprint density at radius 2 is 1.98 bits per heavy atom. The van der Waals surface area contributed by atoms with Gasteiger partial charge in [0.2, 0.25) is 12.1 Å². The summed E-state index contributed by atoms with van der Waals surface area (Å²) in [6.07, 6.45) is -2.03. The first-order chi connectivity index (χ1) is 20.8. The number of carbonyl (C=O) groups is 2. The fourth-order valence-electron chi connectivity index (χ4n) is 4.83. The number of aliphatic hydroxyl groups is 6. The van der Waals surface area contributed by atoms with Crippen LogP contribution >= 0.6 is 0 Å². The molecule has 0 radical (unpaired) electrons. The molecule has 0 amide bonds. The zero-order valence-corrected chi connectivity index (χ0v) is 24.0. The summed E-state index contributed by atoms with van der Waals surface area (Å²) in [6.45, 7) is 2.72. The molecule has 17 heteroatoms. The molecule has 0 bridgehead atoms. The minimum Gasteiger partial charge on any atom is -0.478 e. The van der Waals surface area contributed by atoms with Crippen LogP contribution in [0.5, 0.6) is 0 Å². The number of methoxy groups -OCH3 is 1. The van der Waals surface area contributed by atoms with Crippen LogP contribution in [0, 0.1) is 11.8 Å². The lowest BCUT2D eigenvalue weighted by Crippen LogP contribution is -2.68. The number of hydrogen-bond donors (Lipinski definition) is 9. The number of carboxylic acids is 1. The first kappa shape index (κ1) is 34.7. The molecule has 0 spiro atoms. The Kier molecular flexibility index (Phi) is 11.6. The van der Waals surface area contributed by atoms with E-state index < -0.39 is 67.1 Å². The summed E-state index contributed by atoms with van der Waals surface area (Å²) in [6, 6.07) is 0. The Morgan fingerprint density at radius 1 is 1.27 bits per heavy atom. The Labute approximate surface area is 252 Å². The van der Waals surface area contributed by atoms with Crippen molar-refractivity contribution in [3.8, 4) is 0 Å². The molecule has 7 atom stereocenters. The smallest absolute Gasteiger partial charge is 0.337 e. The van der Waals surface area contributed by atoms with Gasteiger partial charge < -0.3 is 70.6 Å². The quantitative estimate of drug-likeness (QED) is 0.0355. The second kappa shape index (κ2) is 14.8. The first-order valence-corrected chi connectivity index (χ1v) is 13.3. The van der Waals surface area contributed by atoms with Crippen molar-refractivity contribution in [1.82, 2.24) is 10.2 Å². The summed E-state index contributed by atoms with van der Waals surface area (Å²) < 4.78 is 21.5. The summed E-state index contributed by atoms with van der Waals surface area (Å²) in [4.78, 5) is 30.3. The third-order valence-corrected chi connectivity index (χ3v) is 7.24. The summed E-state index contributed by atoms with van der Waals surface area (Å²) in [5, 5.41) is 72.6. The van der Waals surface area contributed by atoms with E-state index in [9.17, 15) is 45.3 Å². The van der Waals surface area contributed by atoms with E-state index in [-0.39, 0.29) is 42.5 Å². The molecule has 0 unspecified atom stereocenters. The van der Waals surface area contributed by atoms with Crippen LogP contribution < -0.4 is 11.1 Å². The van der Waals surface area contributed by atoms with Gasteiger partial charge in [-0.05, 0) is 0 Å². The topological polar surface area (TPSA) is 266 Å². The number of guanidine groups is 1. The number of aliphatic carboxylic acids is 1. The highest BCUT2D eigenvalue weighted by Crippen LogP contribution is 2.37. The van der Waals surface area contributed by atoms with Crippen LogP contribution in [0.15, 0.2) is 64.7 Å². The lowest BCUT2D eigenvalue weighted by atomic mass is 9.83. The summed E-state index contributed by atoms with van der Waals surface area (Å²) in [5.74, 6) is -7.09. The lowest BCUT2D eigenvalue weighted by Gasteiger charge is -2.46. The highest BCUT2D eigenvalue weighted by molar-refractivity contribution is 5.92. The molecule has 0 saturated carbocycles. The fourth-order valence-corrected chi connectivity index (χ4v) is 4.83. The molecule has 244 valence electrons. The van der Waals surface area contributed by atoms with Gasteiger partial charge in [-0.15, -0.1) is 6.58 Å². The number of allylic oxidation sites excluding steroid dienone is 2. The highest BCUT2D eigenvalue weighted by atomic mass is 16.8. The molecule has 3 rings (SSSR count). The van der Waals surface area contributed by atoms with Crippen LogP contribution in [-0.2, 0) is 28.5 Å². The Bertz CT molecular complexity index is 1240. The van der Waals surface area contributed by atoms with Gasteiger partial charge in [0.05, 0.1) is 55.9 Å². The van der Waals surface area contributed by atoms with Crippen molar-refractivity contribution in [3.05, 3.63) is 59.7 Å². The molecule has 0 aromatic rings. The van der Waals surface area contributed by atoms with Gasteiger partial charge in [0.1, 0.15) is 12.2 Å². The maximum atomic E-state index is 12.7. The molecular formula is C27H38N4O13. The third kappa shape index (κ3) is 7.28. The Balaban J connectivity index is 2.03. The molecule has 3 aliphatic rings. The van der Waals surface area contributed by atoms with Gasteiger partial charge in [-0.1, -0.05) is 18.2 Å². The first-order valence-electron chi connectivity index (χ1n) is 13.3. The summed E-state index contributed by atoms with van der Waals surface area (Å²) in [5.41, 5.74) is 6.16. The fraction of sp³-hybridized carbons (Fsp3) is 0.519. The van der Waals surface area contributed by atoms with Gasteiger partial charge >= 0.3 is 11.9 Å². The van der Waals surface area contributed by atoms with Gasteiger partial charge in [-0.3, -0.25) is 4.99 Å². The number of aliphatic hydroxyl groups excluding tert-OH is 4. The Morgan fingerprint density at radius 3 is 2.55 bits per heavy atom. The van der Waals surface area contributed by atoms with Crippen molar-refractivity contribution in [3.63, 3.8) is 0 Å². The normalized spacial score (nSPS) is 30.8. The monoisotopic (exact) mass is 626 g/mol. The minimum atomic E-state index is -3.11.